The first-order chi connectivity index (χ1) is 12.0. The lowest BCUT2D eigenvalue weighted by Crippen LogP contribution is -2.26. The van der Waals surface area contributed by atoms with Crippen molar-refractivity contribution in [3.8, 4) is 5.75 Å². The quantitative estimate of drug-likeness (QED) is 0.652. The van der Waals surface area contributed by atoms with Crippen LogP contribution in [0.2, 0.25) is 5.02 Å². The maximum Gasteiger partial charge on any atom is 0.422 e. The summed E-state index contributed by atoms with van der Waals surface area (Å²) in [6.07, 6.45) is 0.571. The number of para-hydroxylation sites is 2. The lowest BCUT2D eigenvalue weighted by atomic mass is 10.1. The first kappa shape index (κ1) is 17.3. The Bertz CT molecular complexity index is 1020. The lowest BCUT2D eigenvalue weighted by Gasteiger charge is -2.13. The number of rotatable bonds is 5. The molecule has 0 amide bonds. The molecule has 130 valence electrons. The average Bonchev–Trinajstić information content (AvgIpc) is 2.56. The minimum absolute atomic E-state index is 0.294. The number of nitrogens with zero attached hydrogens (tertiary/aromatic N) is 1. The molecule has 0 saturated heterocycles. The fraction of sp³-hybridized carbons (Fsp3) is 0.263. The van der Waals surface area contributed by atoms with Gasteiger partial charge in [-0.25, -0.2) is 9.59 Å². The van der Waals surface area contributed by atoms with Gasteiger partial charge in [-0.05, 0) is 43.5 Å². The highest BCUT2D eigenvalue weighted by molar-refractivity contribution is 6.35. The zero-order chi connectivity index (χ0) is 18.0. The van der Waals surface area contributed by atoms with E-state index in [9.17, 15) is 9.59 Å². The zero-order valence-electron chi connectivity index (χ0n) is 14.0. The van der Waals surface area contributed by atoms with E-state index < -0.39 is 11.4 Å². The summed E-state index contributed by atoms with van der Waals surface area (Å²) in [7, 11) is 0. The first-order valence-corrected chi connectivity index (χ1v) is 8.38. The van der Waals surface area contributed by atoms with E-state index in [0.717, 1.165) is 16.9 Å². The minimum Gasteiger partial charge on any atom is -0.493 e. The number of benzene rings is 2. The van der Waals surface area contributed by atoms with Gasteiger partial charge in [-0.15, -0.1) is 0 Å². The van der Waals surface area contributed by atoms with Crippen LogP contribution in [0.4, 0.5) is 0 Å². The average molecular weight is 360 g/mol. The maximum absolute atomic E-state index is 12.1. The Morgan fingerprint density at radius 2 is 1.76 bits per heavy atom. The first-order valence-electron chi connectivity index (χ1n) is 8.00. The highest BCUT2D eigenvalue weighted by Crippen LogP contribution is 2.23. The molecule has 0 unspecified atom stereocenters. The van der Waals surface area contributed by atoms with E-state index in [1.165, 1.54) is 4.57 Å². The molecule has 2 aromatic carbocycles. The van der Waals surface area contributed by atoms with E-state index in [1.807, 2.05) is 32.0 Å². The van der Waals surface area contributed by atoms with Gasteiger partial charge in [0.05, 0.1) is 22.5 Å². The van der Waals surface area contributed by atoms with Gasteiger partial charge in [-0.1, -0.05) is 35.9 Å². The molecule has 0 aliphatic rings. The Kier molecular flexibility index (Phi) is 4.95. The van der Waals surface area contributed by atoms with Gasteiger partial charge in [-0.3, -0.25) is 4.57 Å². The van der Waals surface area contributed by atoms with Crippen molar-refractivity contribution >= 4 is 22.5 Å². The van der Waals surface area contributed by atoms with Crippen molar-refractivity contribution in [2.24, 2.45) is 0 Å². The van der Waals surface area contributed by atoms with Crippen LogP contribution in [0.3, 0.4) is 0 Å². The third-order valence-corrected chi connectivity index (χ3v) is 4.36. The second-order valence-corrected chi connectivity index (χ2v) is 6.27. The summed E-state index contributed by atoms with van der Waals surface area (Å²) >= 11 is 6.18. The Hall–Kier alpha value is -2.53. The molecule has 3 aromatic rings. The van der Waals surface area contributed by atoms with Crippen molar-refractivity contribution in [1.82, 2.24) is 4.57 Å². The number of halogens is 1. The zero-order valence-corrected chi connectivity index (χ0v) is 14.8. The predicted molar refractivity (Wildman–Crippen MR) is 97.8 cm³/mol. The van der Waals surface area contributed by atoms with E-state index in [1.54, 1.807) is 18.2 Å². The number of aromatic nitrogens is 1. The third-order valence-electron chi connectivity index (χ3n) is 4.06. The van der Waals surface area contributed by atoms with Crippen molar-refractivity contribution in [3.63, 3.8) is 0 Å². The van der Waals surface area contributed by atoms with Gasteiger partial charge in [0.2, 0.25) is 0 Å². The van der Waals surface area contributed by atoms with Gasteiger partial charge in [0.25, 0.3) is 0 Å². The Balaban J connectivity index is 1.80. The Morgan fingerprint density at radius 3 is 2.48 bits per heavy atom. The van der Waals surface area contributed by atoms with Crippen LogP contribution in [0.1, 0.15) is 17.5 Å². The molecule has 0 fully saturated rings. The van der Waals surface area contributed by atoms with E-state index in [0.29, 0.717) is 35.5 Å². The van der Waals surface area contributed by atoms with Gasteiger partial charge in [-0.2, -0.15) is 0 Å². The number of fused-ring (bicyclic) bond motifs is 1. The van der Waals surface area contributed by atoms with Crippen molar-refractivity contribution in [2.45, 2.75) is 26.8 Å². The predicted octanol–water partition coefficient (Wildman–Crippen LogP) is 3.69. The van der Waals surface area contributed by atoms with Crippen LogP contribution in [-0.2, 0) is 6.54 Å². The largest absolute Gasteiger partial charge is 0.493 e. The van der Waals surface area contributed by atoms with E-state index in [-0.39, 0.29) is 0 Å². The molecule has 25 heavy (non-hydrogen) atoms. The molecule has 0 N–H and O–H groups in total. The van der Waals surface area contributed by atoms with Crippen molar-refractivity contribution in [1.29, 1.82) is 0 Å². The highest BCUT2D eigenvalue weighted by Gasteiger charge is 2.12. The third kappa shape index (κ3) is 3.46. The summed E-state index contributed by atoms with van der Waals surface area (Å²) in [6, 6.07) is 10.9. The number of hydrogen-bond donors (Lipinski definition) is 0. The topological polar surface area (TPSA) is 61.4 Å². The fourth-order valence-corrected chi connectivity index (χ4v) is 3.14. The van der Waals surface area contributed by atoms with Crippen LogP contribution >= 0.6 is 11.6 Å². The second kappa shape index (κ2) is 7.15. The molecule has 0 bridgehead atoms. The SMILES string of the molecule is Cc1cccc(C)c1OCCCn1c(=O)oc(=O)c2cccc(Cl)c21. The molecular weight excluding hydrogens is 342 g/mol. The summed E-state index contributed by atoms with van der Waals surface area (Å²) in [5.41, 5.74) is 1.86. The van der Waals surface area contributed by atoms with E-state index >= 15 is 0 Å². The number of aryl methyl sites for hydroxylation is 3. The maximum atomic E-state index is 12.1. The monoisotopic (exact) mass is 359 g/mol. The van der Waals surface area contributed by atoms with Crippen LogP contribution in [0.5, 0.6) is 5.75 Å². The summed E-state index contributed by atoms with van der Waals surface area (Å²) < 4.78 is 12.0. The fourth-order valence-electron chi connectivity index (χ4n) is 2.86. The molecule has 3 rings (SSSR count). The Morgan fingerprint density at radius 1 is 1.08 bits per heavy atom. The molecule has 1 aromatic heterocycles. The summed E-state index contributed by atoms with van der Waals surface area (Å²) in [5.74, 6) is 0.148. The minimum atomic E-state index is -0.710. The highest BCUT2D eigenvalue weighted by atomic mass is 35.5. The van der Waals surface area contributed by atoms with Gasteiger partial charge < -0.3 is 9.15 Å². The van der Waals surface area contributed by atoms with E-state index in [2.05, 4.69) is 0 Å². The molecule has 0 aliphatic carbocycles. The molecule has 0 spiro atoms. The smallest absolute Gasteiger partial charge is 0.422 e. The van der Waals surface area contributed by atoms with Crippen LogP contribution in [0.25, 0.3) is 10.9 Å². The summed E-state index contributed by atoms with van der Waals surface area (Å²) in [6.45, 7) is 4.76. The van der Waals surface area contributed by atoms with E-state index in [4.69, 9.17) is 20.8 Å². The van der Waals surface area contributed by atoms with Gasteiger partial charge in [0.15, 0.2) is 0 Å². The molecule has 6 heteroatoms. The number of hydrogen-bond acceptors (Lipinski definition) is 4. The molecule has 0 aliphatic heterocycles. The second-order valence-electron chi connectivity index (χ2n) is 5.87. The van der Waals surface area contributed by atoms with Gasteiger partial charge in [0, 0.05) is 6.54 Å². The standard InChI is InChI=1S/C19H18ClNO4/c1-12-6-3-7-13(2)17(12)24-11-5-10-21-16-14(8-4-9-15(16)20)18(22)25-19(21)23/h3-4,6-9H,5,10-11H2,1-2H3. The lowest BCUT2D eigenvalue weighted by molar-refractivity contribution is 0.293. The molecular formula is C19H18ClNO4. The molecule has 0 atom stereocenters. The summed E-state index contributed by atoms with van der Waals surface area (Å²) in [5, 5.41) is 0.640. The normalized spacial score (nSPS) is 11.0. The molecule has 0 radical (unpaired) electrons. The van der Waals surface area contributed by atoms with Crippen LogP contribution in [0.15, 0.2) is 50.4 Å². The van der Waals surface area contributed by atoms with Gasteiger partial charge >= 0.3 is 11.4 Å². The van der Waals surface area contributed by atoms with Gasteiger partial charge in [0.1, 0.15) is 5.75 Å². The molecule has 1 heterocycles. The van der Waals surface area contributed by atoms with Crippen molar-refractivity contribution in [2.75, 3.05) is 6.61 Å². The molecule has 5 nitrogen and oxygen atoms in total. The van der Waals surface area contributed by atoms with Crippen LogP contribution in [0, 0.1) is 13.8 Å². The molecule has 0 saturated carbocycles. The van der Waals surface area contributed by atoms with Crippen LogP contribution < -0.4 is 16.1 Å². The summed E-state index contributed by atoms with van der Waals surface area (Å²) in [4.78, 5) is 23.9. The Labute approximate surface area is 149 Å². The number of ether oxygens (including phenoxy) is 1. The van der Waals surface area contributed by atoms with Crippen molar-refractivity contribution in [3.05, 3.63) is 73.5 Å². The van der Waals surface area contributed by atoms with Crippen molar-refractivity contribution < 1.29 is 9.15 Å². The van der Waals surface area contributed by atoms with Crippen LogP contribution in [-0.4, -0.2) is 11.2 Å².